The second kappa shape index (κ2) is 7.48. The zero-order chi connectivity index (χ0) is 19.7. The molecule has 4 nitrogen and oxygen atoms in total. The highest BCUT2D eigenvalue weighted by Crippen LogP contribution is 2.37. The fourth-order valence-electron chi connectivity index (χ4n) is 3.71. The maximum Gasteiger partial charge on any atom is 0.416 e. The number of aromatic nitrogens is 1. The van der Waals surface area contributed by atoms with E-state index in [0.29, 0.717) is 19.4 Å². The first-order valence-corrected chi connectivity index (χ1v) is 8.87. The summed E-state index contributed by atoms with van der Waals surface area (Å²) in [6.07, 6.45) is -4.41. The number of hydrogen-bond acceptors (Lipinski definition) is 4. The number of nitrogens with zero attached hydrogens (tertiary/aromatic N) is 2. The number of alkyl halides is 3. The van der Waals surface area contributed by atoms with Gasteiger partial charge in [0.2, 0.25) is 0 Å². The van der Waals surface area contributed by atoms with E-state index in [0.717, 1.165) is 17.7 Å². The number of aliphatic hydroxyl groups excluding tert-OH is 2. The highest BCUT2D eigenvalue weighted by Gasteiger charge is 2.43. The fraction of sp³-hybridized carbons (Fsp3) is 0.450. The van der Waals surface area contributed by atoms with Crippen LogP contribution in [-0.2, 0) is 12.6 Å². The second-order valence-electron chi connectivity index (χ2n) is 7.26. The van der Waals surface area contributed by atoms with Crippen molar-refractivity contribution < 1.29 is 23.4 Å². The van der Waals surface area contributed by atoms with Gasteiger partial charge in [0, 0.05) is 24.2 Å². The third kappa shape index (κ3) is 4.25. The Hall–Kier alpha value is -2.12. The zero-order valence-electron chi connectivity index (χ0n) is 15.1. The minimum absolute atomic E-state index is 0.222. The SMILES string of the molecule is Cc1cc(C(F)(F)F)cc(N2CC[C@H](O)[C@](CO)(Cc3ccccc3)C2)n1. The van der Waals surface area contributed by atoms with E-state index in [-0.39, 0.29) is 24.7 Å². The Balaban J connectivity index is 1.91. The van der Waals surface area contributed by atoms with Crippen LogP contribution in [0.3, 0.4) is 0 Å². The summed E-state index contributed by atoms with van der Waals surface area (Å²) < 4.78 is 39.5. The lowest BCUT2D eigenvalue weighted by molar-refractivity contribution is -0.137. The number of hydrogen-bond donors (Lipinski definition) is 2. The van der Waals surface area contributed by atoms with E-state index in [1.54, 1.807) is 4.90 Å². The number of benzene rings is 1. The molecule has 0 bridgehead atoms. The van der Waals surface area contributed by atoms with E-state index >= 15 is 0 Å². The predicted octanol–water partition coefficient (Wildman–Crippen LogP) is 3.20. The molecule has 3 rings (SSSR count). The lowest BCUT2D eigenvalue weighted by Gasteiger charge is -2.46. The van der Waals surface area contributed by atoms with Crippen molar-refractivity contribution in [2.45, 2.75) is 32.0 Å². The number of halogens is 3. The lowest BCUT2D eigenvalue weighted by Crippen LogP contribution is -2.55. The molecule has 0 radical (unpaired) electrons. The van der Waals surface area contributed by atoms with Crippen molar-refractivity contribution in [3.8, 4) is 0 Å². The molecule has 2 N–H and O–H groups in total. The molecule has 1 fully saturated rings. The van der Waals surface area contributed by atoms with E-state index < -0.39 is 23.3 Å². The lowest BCUT2D eigenvalue weighted by atomic mass is 9.73. The Morgan fingerprint density at radius 3 is 2.56 bits per heavy atom. The maximum atomic E-state index is 13.2. The van der Waals surface area contributed by atoms with Gasteiger partial charge in [-0.25, -0.2) is 4.98 Å². The molecule has 0 amide bonds. The zero-order valence-corrected chi connectivity index (χ0v) is 15.1. The van der Waals surface area contributed by atoms with Crippen LogP contribution in [0.4, 0.5) is 19.0 Å². The van der Waals surface area contributed by atoms with Crippen molar-refractivity contribution >= 4 is 5.82 Å². The van der Waals surface area contributed by atoms with Gasteiger partial charge in [0.15, 0.2) is 0 Å². The summed E-state index contributed by atoms with van der Waals surface area (Å²) in [5.74, 6) is 0.222. The average Bonchev–Trinajstić information content (AvgIpc) is 2.63. The minimum Gasteiger partial charge on any atom is -0.396 e. The van der Waals surface area contributed by atoms with Crippen molar-refractivity contribution in [2.24, 2.45) is 5.41 Å². The number of aryl methyl sites for hydroxylation is 1. The van der Waals surface area contributed by atoms with Crippen molar-refractivity contribution in [3.63, 3.8) is 0 Å². The topological polar surface area (TPSA) is 56.6 Å². The first-order valence-electron chi connectivity index (χ1n) is 8.87. The van der Waals surface area contributed by atoms with Crippen molar-refractivity contribution in [2.75, 3.05) is 24.6 Å². The standard InChI is InChI=1S/C20H23F3N2O2/c1-14-9-16(20(21,22)23)10-18(24-14)25-8-7-17(27)19(12-25,13-26)11-15-5-3-2-4-6-15/h2-6,9-10,17,26-27H,7-8,11-13H2,1H3/t17-,19+/m0/s1. The van der Waals surface area contributed by atoms with Gasteiger partial charge in [0.05, 0.1) is 18.3 Å². The molecule has 27 heavy (non-hydrogen) atoms. The quantitative estimate of drug-likeness (QED) is 0.855. The molecule has 0 saturated carbocycles. The van der Waals surface area contributed by atoms with E-state index in [1.807, 2.05) is 30.3 Å². The molecule has 2 heterocycles. The largest absolute Gasteiger partial charge is 0.416 e. The van der Waals surface area contributed by atoms with Gasteiger partial charge in [-0.05, 0) is 37.5 Å². The van der Waals surface area contributed by atoms with E-state index in [4.69, 9.17) is 0 Å². The number of rotatable bonds is 4. The molecular weight excluding hydrogens is 357 g/mol. The fourth-order valence-corrected chi connectivity index (χ4v) is 3.71. The van der Waals surface area contributed by atoms with E-state index in [9.17, 15) is 23.4 Å². The Bertz CT molecular complexity index is 783. The summed E-state index contributed by atoms with van der Waals surface area (Å²) in [6, 6.07) is 11.5. The molecule has 0 spiro atoms. The number of anilines is 1. The van der Waals surface area contributed by atoms with Crippen molar-refractivity contribution in [1.82, 2.24) is 4.98 Å². The third-order valence-corrected chi connectivity index (χ3v) is 5.19. The highest BCUT2D eigenvalue weighted by molar-refractivity contribution is 5.45. The van der Waals surface area contributed by atoms with E-state index in [1.165, 1.54) is 6.92 Å². The Morgan fingerprint density at radius 2 is 1.93 bits per heavy atom. The van der Waals surface area contributed by atoms with Crippen LogP contribution in [0.2, 0.25) is 0 Å². The molecule has 2 atom stereocenters. The van der Waals surface area contributed by atoms with Gasteiger partial charge in [-0.1, -0.05) is 30.3 Å². The van der Waals surface area contributed by atoms with E-state index in [2.05, 4.69) is 4.98 Å². The molecular formula is C20H23F3N2O2. The molecule has 1 aliphatic heterocycles. The van der Waals surface area contributed by atoms with Gasteiger partial charge in [-0.15, -0.1) is 0 Å². The summed E-state index contributed by atoms with van der Waals surface area (Å²) in [5.41, 5.74) is -0.360. The summed E-state index contributed by atoms with van der Waals surface area (Å²) in [7, 11) is 0. The molecule has 1 aromatic carbocycles. The van der Waals surface area contributed by atoms with Gasteiger partial charge < -0.3 is 15.1 Å². The van der Waals surface area contributed by atoms with Crippen LogP contribution in [0.1, 0.15) is 23.2 Å². The molecule has 1 aliphatic rings. The van der Waals surface area contributed by atoms with Crippen LogP contribution in [0.15, 0.2) is 42.5 Å². The number of pyridine rings is 1. The van der Waals surface area contributed by atoms with Gasteiger partial charge >= 0.3 is 6.18 Å². The van der Waals surface area contributed by atoms with Crippen LogP contribution in [-0.4, -0.2) is 41.0 Å². The van der Waals surface area contributed by atoms with Crippen LogP contribution in [0.5, 0.6) is 0 Å². The molecule has 146 valence electrons. The summed E-state index contributed by atoms with van der Waals surface area (Å²) in [4.78, 5) is 6.00. The molecule has 0 unspecified atom stereocenters. The molecule has 1 saturated heterocycles. The molecule has 2 aromatic rings. The first kappa shape index (κ1) is 19.6. The summed E-state index contributed by atoms with van der Waals surface area (Å²) in [6.45, 7) is 1.87. The summed E-state index contributed by atoms with van der Waals surface area (Å²) >= 11 is 0. The number of piperidine rings is 1. The number of aliphatic hydroxyl groups is 2. The smallest absolute Gasteiger partial charge is 0.396 e. The van der Waals surface area contributed by atoms with Gasteiger partial charge in [-0.3, -0.25) is 0 Å². The Kier molecular flexibility index (Phi) is 5.44. The van der Waals surface area contributed by atoms with Crippen LogP contribution >= 0.6 is 0 Å². The normalized spacial score (nSPS) is 23.5. The van der Waals surface area contributed by atoms with Gasteiger partial charge in [-0.2, -0.15) is 13.2 Å². The minimum atomic E-state index is -4.45. The van der Waals surface area contributed by atoms with Crippen LogP contribution < -0.4 is 4.90 Å². The van der Waals surface area contributed by atoms with Crippen molar-refractivity contribution in [3.05, 3.63) is 59.3 Å². The van der Waals surface area contributed by atoms with Gasteiger partial charge in [0.1, 0.15) is 5.82 Å². The van der Waals surface area contributed by atoms with Gasteiger partial charge in [0.25, 0.3) is 0 Å². The van der Waals surface area contributed by atoms with Crippen LogP contribution in [0.25, 0.3) is 0 Å². The third-order valence-electron chi connectivity index (χ3n) is 5.19. The monoisotopic (exact) mass is 380 g/mol. The summed E-state index contributed by atoms with van der Waals surface area (Å²) in [5, 5.41) is 20.7. The molecule has 1 aromatic heterocycles. The Labute approximate surface area is 156 Å². The van der Waals surface area contributed by atoms with Crippen LogP contribution in [0, 0.1) is 12.3 Å². The van der Waals surface area contributed by atoms with Crippen molar-refractivity contribution in [1.29, 1.82) is 0 Å². The predicted molar refractivity (Wildman–Crippen MR) is 96.5 cm³/mol. The average molecular weight is 380 g/mol. The maximum absolute atomic E-state index is 13.2. The second-order valence-corrected chi connectivity index (χ2v) is 7.26. The molecule has 0 aliphatic carbocycles. The highest BCUT2D eigenvalue weighted by atomic mass is 19.4. The Morgan fingerprint density at radius 1 is 1.22 bits per heavy atom. The molecule has 7 heteroatoms. The first-order chi connectivity index (χ1) is 12.7.